The predicted octanol–water partition coefficient (Wildman–Crippen LogP) is -1.71. The molecule has 0 saturated heterocycles. The van der Waals surface area contributed by atoms with Gasteiger partial charge in [0.25, 0.3) is 5.56 Å². The molecule has 1 rings (SSSR count). The molecule has 0 aliphatic carbocycles. The normalized spacial score (nSPS) is 10.2. The van der Waals surface area contributed by atoms with E-state index in [-0.39, 0.29) is 12.0 Å². The first-order valence-corrected chi connectivity index (χ1v) is 4.30. The van der Waals surface area contributed by atoms with Crippen LogP contribution in [0.1, 0.15) is 12.5 Å². The molecular formula is C8H11N3O4. The Bertz CT molecular complexity index is 500. The van der Waals surface area contributed by atoms with E-state index in [1.165, 1.54) is 0 Å². The highest BCUT2D eigenvalue weighted by Crippen LogP contribution is 2.09. The summed E-state index contributed by atoms with van der Waals surface area (Å²) in [5.74, 6) is -1.29. The first kappa shape index (κ1) is 11.0. The number of hydrogen-bond donors (Lipinski definition) is 3. The number of amides is 1. The quantitative estimate of drug-likeness (QED) is 0.554. The Morgan fingerprint density at radius 2 is 2.13 bits per heavy atom. The lowest BCUT2D eigenvalue weighted by molar-refractivity contribution is -0.118. The summed E-state index contributed by atoms with van der Waals surface area (Å²) in [6, 6.07) is 0. The van der Waals surface area contributed by atoms with Crippen LogP contribution in [0, 0.1) is 0 Å². The topological polar surface area (TPSA) is 118 Å². The van der Waals surface area contributed by atoms with Gasteiger partial charge in [0, 0.05) is 0 Å². The van der Waals surface area contributed by atoms with Gasteiger partial charge in [-0.2, -0.15) is 0 Å². The molecule has 1 heterocycles. The fourth-order valence-corrected chi connectivity index (χ4v) is 1.22. The number of nitrogens with zero attached hydrogens (tertiary/aromatic N) is 1. The SMILES string of the molecule is CCc1c(O)n(CC(N)=O)c(=O)[nH]c1=O. The van der Waals surface area contributed by atoms with E-state index in [1.807, 2.05) is 4.98 Å². The summed E-state index contributed by atoms with van der Waals surface area (Å²) in [5, 5.41) is 9.53. The first-order chi connectivity index (χ1) is 6.97. The van der Waals surface area contributed by atoms with Crippen LogP contribution in [0.4, 0.5) is 0 Å². The average Bonchev–Trinajstić information content (AvgIpc) is 2.12. The number of nitrogens with one attached hydrogen (secondary N) is 1. The van der Waals surface area contributed by atoms with Gasteiger partial charge in [-0.15, -0.1) is 0 Å². The second kappa shape index (κ2) is 3.99. The summed E-state index contributed by atoms with van der Waals surface area (Å²) in [6.07, 6.45) is 0.250. The first-order valence-electron chi connectivity index (χ1n) is 4.30. The zero-order chi connectivity index (χ0) is 11.6. The molecule has 0 aromatic carbocycles. The van der Waals surface area contributed by atoms with Gasteiger partial charge >= 0.3 is 5.69 Å². The van der Waals surface area contributed by atoms with Gasteiger partial charge < -0.3 is 10.8 Å². The smallest absolute Gasteiger partial charge is 0.331 e. The van der Waals surface area contributed by atoms with Gasteiger partial charge in [-0.05, 0) is 6.42 Å². The zero-order valence-corrected chi connectivity index (χ0v) is 8.11. The van der Waals surface area contributed by atoms with Crippen LogP contribution in [0.3, 0.4) is 0 Å². The highest BCUT2D eigenvalue weighted by molar-refractivity contribution is 5.73. The third-order valence-electron chi connectivity index (χ3n) is 1.93. The molecule has 0 unspecified atom stereocenters. The zero-order valence-electron chi connectivity index (χ0n) is 8.11. The summed E-state index contributed by atoms with van der Waals surface area (Å²) < 4.78 is 0.725. The van der Waals surface area contributed by atoms with Crippen molar-refractivity contribution in [2.45, 2.75) is 19.9 Å². The molecule has 4 N–H and O–H groups in total. The van der Waals surface area contributed by atoms with Crippen molar-refractivity contribution in [2.24, 2.45) is 5.73 Å². The number of aromatic amines is 1. The number of nitrogens with two attached hydrogens (primary N) is 1. The van der Waals surface area contributed by atoms with Crippen molar-refractivity contribution in [1.82, 2.24) is 9.55 Å². The summed E-state index contributed by atoms with van der Waals surface area (Å²) in [7, 11) is 0. The standard InChI is InChI=1S/C8H11N3O4/c1-2-4-6(13)10-8(15)11(7(4)14)3-5(9)12/h14H,2-3H2,1H3,(H2,9,12)(H,10,13,15). The Balaban J connectivity index is 3.46. The van der Waals surface area contributed by atoms with Crippen LogP contribution in [0.15, 0.2) is 9.59 Å². The third-order valence-corrected chi connectivity index (χ3v) is 1.93. The number of rotatable bonds is 3. The molecule has 1 aromatic heterocycles. The van der Waals surface area contributed by atoms with E-state index in [0.29, 0.717) is 0 Å². The Labute approximate surface area is 84.2 Å². The van der Waals surface area contributed by atoms with Crippen LogP contribution in [0.2, 0.25) is 0 Å². The molecule has 82 valence electrons. The van der Waals surface area contributed by atoms with E-state index in [2.05, 4.69) is 0 Å². The number of aromatic nitrogens is 2. The second-order valence-corrected chi connectivity index (χ2v) is 2.97. The molecule has 0 spiro atoms. The molecular weight excluding hydrogens is 202 g/mol. The van der Waals surface area contributed by atoms with E-state index < -0.39 is 29.6 Å². The number of carbonyl (C=O) groups excluding carboxylic acids is 1. The molecule has 0 aliphatic heterocycles. The van der Waals surface area contributed by atoms with Gasteiger partial charge in [0.2, 0.25) is 11.8 Å². The lowest BCUT2D eigenvalue weighted by atomic mass is 10.2. The average molecular weight is 213 g/mol. The summed E-state index contributed by atoms with van der Waals surface area (Å²) in [4.78, 5) is 35.0. The fourth-order valence-electron chi connectivity index (χ4n) is 1.22. The third kappa shape index (κ3) is 2.06. The van der Waals surface area contributed by atoms with Crippen LogP contribution >= 0.6 is 0 Å². The molecule has 0 radical (unpaired) electrons. The highest BCUT2D eigenvalue weighted by Gasteiger charge is 2.13. The van der Waals surface area contributed by atoms with Gasteiger partial charge in [0.1, 0.15) is 6.54 Å². The van der Waals surface area contributed by atoms with Gasteiger partial charge in [-0.25, -0.2) is 4.79 Å². The molecule has 0 atom stereocenters. The number of H-pyrrole nitrogens is 1. The van der Waals surface area contributed by atoms with Gasteiger partial charge in [0.15, 0.2) is 0 Å². The molecule has 0 aliphatic rings. The number of primary amides is 1. The predicted molar refractivity (Wildman–Crippen MR) is 51.6 cm³/mol. The van der Waals surface area contributed by atoms with Gasteiger partial charge in [0.05, 0.1) is 5.56 Å². The van der Waals surface area contributed by atoms with Crippen molar-refractivity contribution in [3.8, 4) is 5.88 Å². The molecule has 0 bridgehead atoms. The summed E-state index contributed by atoms with van der Waals surface area (Å²) in [6.45, 7) is 1.18. The van der Waals surface area contributed by atoms with Crippen molar-refractivity contribution < 1.29 is 9.90 Å². The fraction of sp³-hybridized carbons (Fsp3) is 0.375. The maximum absolute atomic E-state index is 11.2. The van der Waals surface area contributed by atoms with Crippen molar-refractivity contribution >= 4 is 5.91 Å². The molecule has 7 nitrogen and oxygen atoms in total. The van der Waals surface area contributed by atoms with Crippen LogP contribution < -0.4 is 17.0 Å². The van der Waals surface area contributed by atoms with Crippen molar-refractivity contribution in [3.63, 3.8) is 0 Å². The molecule has 1 aromatic rings. The van der Waals surface area contributed by atoms with E-state index in [4.69, 9.17) is 5.73 Å². The Morgan fingerprint density at radius 3 is 2.60 bits per heavy atom. The minimum Gasteiger partial charge on any atom is -0.494 e. The maximum atomic E-state index is 11.2. The van der Waals surface area contributed by atoms with E-state index in [1.54, 1.807) is 6.92 Å². The van der Waals surface area contributed by atoms with Gasteiger partial charge in [-0.1, -0.05) is 6.92 Å². The summed E-state index contributed by atoms with van der Waals surface area (Å²) >= 11 is 0. The van der Waals surface area contributed by atoms with Crippen molar-refractivity contribution in [1.29, 1.82) is 0 Å². The van der Waals surface area contributed by atoms with E-state index >= 15 is 0 Å². The second-order valence-electron chi connectivity index (χ2n) is 2.97. The van der Waals surface area contributed by atoms with Crippen LogP contribution in [0.25, 0.3) is 0 Å². The van der Waals surface area contributed by atoms with E-state index in [0.717, 1.165) is 4.57 Å². The molecule has 15 heavy (non-hydrogen) atoms. The molecule has 0 fully saturated rings. The Hall–Kier alpha value is -2.05. The Morgan fingerprint density at radius 1 is 1.53 bits per heavy atom. The number of hydrogen-bond acceptors (Lipinski definition) is 4. The lowest BCUT2D eigenvalue weighted by Gasteiger charge is -2.07. The largest absolute Gasteiger partial charge is 0.494 e. The molecule has 0 saturated carbocycles. The van der Waals surface area contributed by atoms with Gasteiger partial charge in [-0.3, -0.25) is 19.1 Å². The minimum absolute atomic E-state index is 0.0517. The molecule has 7 heteroatoms. The monoisotopic (exact) mass is 213 g/mol. The lowest BCUT2D eigenvalue weighted by Crippen LogP contribution is -2.35. The highest BCUT2D eigenvalue weighted by atomic mass is 16.3. The van der Waals surface area contributed by atoms with Crippen LogP contribution in [0.5, 0.6) is 5.88 Å². The number of aromatic hydroxyl groups is 1. The van der Waals surface area contributed by atoms with E-state index in [9.17, 15) is 19.5 Å². The minimum atomic E-state index is -0.853. The van der Waals surface area contributed by atoms with Crippen molar-refractivity contribution in [3.05, 3.63) is 26.4 Å². The van der Waals surface area contributed by atoms with Crippen molar-refractivity contribution in [2.75, 3.05) is 0 Å². The molecule has 1 amide bonds. The van der Waals surface area contributed by atoms with Crippen LogP contribution in [-0.4, -0.2) is 20.6 Å². The maximum Gasteiger partial charge on any atom is 0.331 e. The summed E-state index contributed by atoms with van der Waals surface area (Å²) in [5.41, 5.74) is 3.44. The Kier molecular flexibility index (Phi) is 2.93. The number of carbonyl (C=O) groups is 1. The van der Waals surface area contributed by atoms with Crippen LogP contribution in [-0.2, 0) is 17.8 Å².